The molecule has 0 aromatic carbocycles. The van der Waals surface area contributed by atoms with E-state index in [1.807, 2.05) is 12.3 Å². The number of rotatable bonds is 3. The van der Waals surface area contributed by atoms with Crippen molar-refractivity contribution in [2.24, 2.45) is 5.73 Å². The van der Waals surface area contributed by atoms with Gasteiger partial charge in [0.1, 0.15) is 0 Å². The van der Waals surface area contributed by atoms with E-state index in [0.717, 1.165) is 5.69 Å². The highest BCUT2D eigenvalue weighted by Gasteiger charge is 2.10. The lowest BCUT2D eigenvalue weighted by atomic mass is 10.3. The van der Waals surface area contributed by atoms with Gasteiger partial charge in [-0.1, -0.05) is 0 Å². The van der Waals surface area contributed by atoms with Gasteiger partial charge in [-0.3, -0.25) is 15.2 Å². The summed E-state index contributed by atoms with van der Waals surface area (Å²) in [5.74, 6) is -0.237. The molecule has 1 unspecified atom stereocenters. The first-order valence-electron chi connectivity index (χ1n) is 4.68. The number of H-pyrrole nitrogens is 1. The molecule has 0 aliphatic rings. The molecule has 2 rings (SSSR count). The van der Waals surface area contributed by atoms with Gasteiger partial charge >= 0.3 is 0 Å². The van der Waals surface area contributed by atoms with Crippen LogP contribution in [-0.4, -0.2) is 21.1 Å². The predicted molar refractivity (Wildman–Crippen MR) is 61.3 cm³/mol. The van der Waals surface area contributed by atoms with Crippen LogP contribution in [0.5, 0.6) is 0 Å². The van der Waals surface area contributed by atoms with Crippen molar-refractivity contribution in [2.45, 2.75) is 13.0 Å². The zero-order valence-corrected chi connectivity index (χ0v) is 9.41. The van der Waals surface area contributed by atoms with Crippen molar-refractivity contribution in [3.05, 3.63) is 29.0 Å². The van der Waals surface area contributed by atoms with Crippen LogP contribution in [0.1, 0.15) is 29.0 Å². The van der Waals surface area contributed by atoms with Crippen LogP contribution in [0.15, 0.2) is 17.8 Å². The summed E-state index contributed by atoms with van der Waals surface area (Å²) in [6.07, 6.45) is 2.98. The molecule has 16 heavy (non-hydrogen) atoms. The number of carbonyl (C=O) groups is 1. The van der Waals surface area contributed by atoms with Crippen LogP contribution in [0, 0.1) is 0 Å². The zero-order valence-electron chi connectivity index (χ0n) is 8.60. The van der Waals surface area contributed by atoms with Crippen LogP contribution >= 0.6 is 11.3 Å². The van der Waals surface area contributed by atoms with Gasteiger partial charge in [0.05, 0.1) is 17.5 Å². The minimum Gasteiger partial charge on any atom is -0.323 e. The lowest BCUT2D eigenvalue weighted by Crippen LogP contribution is -2.11. The van der Waals surface area contributed by atoms with Crippen molar-refractivity contribution >= 4 is 22.4 Å². The Kier molecular flexibility index (Phi) is 2.97. The first kappa shape index (κ1) is 10.8. The van der Waals surface area contributed by atoms with E-state index in [1.54, 1.807) is 0 Å². The topological polar surface area (TPSA) is 96.7 Å². The summed E-state index contributed by atoms with van der Waals surface area (Å²) in [5, 5.41) is 11.3. The Balaban J connectivity index is 2.07. The third-order valence-electron chi connectivity index (χ3n) is 1.97. The minimum atomic E-state index is -0.237. The summed E-state index contributed by atoms with van der Waals surface area (Å²) in [5.41, 5.74) is 6.91. The molecule has 1 atom stereocenters. The Morgan fingerprint density at radius 1 is 1.69 bits per heavy atom. The summed E-state index contributed by atoms with van der Waals surface area (Å²) in [6.45, 7) is 1.84. The van der Waals surface area contributed by atoms with Crippen LogP contribution in [-0.2, 0) is 0 Å². The number of aromatic amines is 1. The van der Waals surface area contributed by atoms with Gasteiger partial charge in [-0.05, 0) is 6.92 Å². The number of amides is 1. The third-order valence-corrected chi connectivity index (χ3v) is 2.75. The van der Waals surface area contributed by atoms with Crippen LogP contribution in [0.3, 0.4) is 0 Å². The highest BCUT2D eigenvalue weighted by molar-refractivity contribution is 7.14. The van der Waals surface area contributed by atoms with Gasteiger partial charge < -0.3 is 5.73 Å². The Bertz CT molecular complexity index is 476. The molecular weight excluding hydrogens is 226 g/mol. The van der Waals surface area contributed by atoms with Gasteiger partial charge in [0.15, 0.2) is 5.13 Å². The second-order valence-corrected chi connectivity index (χ2v) is 4.17. The average molecular weight is 237 g/mol. The second-order valence-electron chi connectivity index (χ2n) is 3.31. The van der Waals surface area contributed by atoms with E-state index in [-0.39, 0.29) is 11.9 Å². The number of aromatic nitrogens is 3. The molecule has 0 bridgehead atoms. The Morgan fingerprint density at radius 2 is 2.50 bits per heavy atom. The van der Waals surface area contributed by atoms with E-state index in [9.17, 15) is 4.79 Å². The van der Waals surface area contributed by atoms with Gasteiger partial charge in [0, 0.05) is 17.6 Å². The minimum absolute atomic E-state index is 0.129. The average Bonchev–Trinajstić information content (AvgIpc) is 2.87. The second kappa shape index (κ2) is 4.42. The molecule has 0 spiro atoms. The van der Waals surface area contributed by atoms with Crippen molar-refractivity contribution in [2.75, 3.05) is 5.32 Å². The van der Waals surface area contributed by atoms with Crippen molar-refractivity contribution in [1.29, 1.82) is 0 Å². The van der Waals surface area contributed by atoms with Crippen LogP contribution < -0.4 is 11.1 Å². The van der Waals surface area contributed by atoms with Crippen LogP contribution in [0.4, 0.5) is 5.13 Å². The van der Waals surface area contributed by atoms with E-state index in [0.29, 0.717) is 10.7 Å². The van der Waals surface area contributed by atoms with Crippen molar-refractivity contribution in [3.63, 3.8) is 0 Å². The maximum Gasteiger partial charge on any atom is 0.260 e. The first-order chi connectivity index (χ1) is 7.66. The number of thiazole rings is 1. The summed E-state index contributed by atoms with van der Waals surface area (Å²) < 4.78 is 0. The molecule has 0 fully saturated rings. The lowest BCUT2D eigenvalue weighted by Gasteiger charge is -1.99. The van der Waals surface area contributed by atoms with Crippen molar-refractivity contribution in [3.8, 4) is 0 Å². The van der Waals surface area contributed by atoms with E-state index >= 15 is 0 Å². The van der Waals surface area contributed by atoms with Crippen LogP contribution in [0.2, 0.25) is 0 Å². The Labute approximate surface area is 95.9 Å². The normalized spacial score (nSPS) is 12.4. The SMILES string of the molecule is CC(N)c1csc(NC(=O)c2cn[nH]c2)n1. The fourth-order valence-electron chi connectivity index (χ4n) is 1.10. The van der Waals surface area contributed by atoms with Gasteiger partial charge in [-0.15, -0.1) is 11.3 Å². The van der Waals surface area contributed by atoms with E-state index < -0.39 is 0 Å². The molecule has 0 aliphatic carbocycles. The highest BCUT2D eigenvalue weighted by Crippen LogP contribution is 2.19. The van der Waals surface area contributed by atoms with Crippen molar-refractivity contribution < 1.29 is 4.79 Å². The van der Waals surface area contributed by atoms with Crippen molar-refractivity contribution in [1.82, 2.24) is 15.2 Å². The van der Waals surface area contributed by atoms with Gasteiger partial charge in [0.2, 0.25) is 0 Å². The van der Waals surface area contributed by atoms with Gasteiger partial charge in [-0.2, -0.15) is 5.10 Å². The number of nitrogens with two attached hydrogens (primary N) is 1. The molecule has 0 aliphatic heterocycles. The maximum atomic E-state index is 11.6. The van der Waals surface area contributed by atoms with E-state index in [4.69, 9.17) is 5.73 Å². The number of nitrogens with zero attached hydrogens (tertiary/aromatic N) is 2. The van der Waals surface area contributed by atoms with Crippen LogP contribution in [0.25, 0.3) is 0 Å². The molecular formula is C9H11N5OS. The van der Waals surface area contributed by atoms with E-state index in [1.165, 1.54) is 23.7 Å². The fourth-order valence-corrected chi connectivity index (χ4v) is 1.91. The molecule has 0 saturated heterocycles. The van der Waals surface area contributed by atoms with Gasteiger partial charge in [0.25, 0.3) is 5.91 Å². The highest BCUT2D eigenvalue weighted by atomic mass is 32.1. The monoisotopic (exact) mass is 237 g/mol. The number of carbonyl (C=O) groups excluding carboxylic acids is 1. The number of nitrogens with one attached hydrogen (secondary N) is 2. The Morgan fingerprint density at radius 3 is 3.06 bits per heavy atom. The third kappa shape index (κ3) is 2.26. The molecule has 7 heteroatoms. The first-order valence-corrected chi connectivity index (χ1v) is 5.56. The number of hydrogen-bond acceptors (Lipinski definition) is 5. The lowest BCUT2D eigenvalue weighted by molar-refractivity contribution is 0.102. The summed E-state index contributed by atoms with van der Waals surface area (Å²) in [4.78, 5) is 15.8. The fraction of sp³-hybridized carbons (Fsp3) is 0.222. The van der Waals surface area contributed by atoms with Gasteiger partial charge in [-0.25, -0.2) is 4.98 Å². The van der Waals surface area contributed by atoms with E-state index in [2.05, 4.69) is 20.5 Å². The standard InChI is InChI=1S/C9H11N5OS/c1-5(10)7-4-16-9(13-7)14-8(15)6-2-11-12-3-6/h2-5H,10H2,1H3,(H,11,12)(H,13,14,15). The number of hydrogen-bond donors (Lipinski definition) is 3. The molecule has 2 aromatic heterocycles. The zero-order chi connectivity index (χ0) is 11.5. The smallest absolute Gasteiger partial charge is 0.260 e. The quantitative estimate of drug-likeness (QED) is 0.745. The summed E-state index contributed by atoms with van der Waals surface area (Å²) in [6, 6.07) is -0.129. The summed E-state index contributed by atoms with van der Waals surface area (Å²) >= 11 is 1.35. The molecule has 0 saturated carbocycles. The molecule has 2 aromatic rings. The maximum absolute atomic E-state index is 11.6. The molecule has 4 N–H and O–H groups in total. The predicted octanol–water partition coefficient (Wildman–Crippen LogP) is 1.14. The molecule has 1 amide bonds. The molecule has 84 valence electrons. The molecule has 0 radical (unpaired) electrons. The number of anilines is 1. The molecule has 2 heterocycles. The Hall–Kier alpha value is -1.73. The molecule has 6 nitrogen and oxygen atoms in total. The summed E-state index contributed by atoms with van der Waals surface area (Å²) in [7, 11) is 0. The largest absolute Gasteiger partial charge is 0.323 e.